The maximum absolute atomic E-state index is 5.26. The van der Waals surface area contributed by atoms with E-state index in [1.807, 2.05) is 0 Å². The molecule has 3 unspecified atom stereocenters. The summed E-state index contributed by atoms with van der Waals surface area (Å²) in [6.45, 7) is 6.40. The van der Waals surface area contributed by atoms with Crippen LogP contribution >= 0.6 is 0 Å². The molecular weight excluding hydrogens is 234 g/mol. The van der Waals surface area contributed by atoms with E-state index in [-0.39, 0.29) is 0 Å². The van der Waals surface area contributed by atoms with Gasteiger partial charge < -0.3 is 10.1 Å². The minimum atomic E-state index is 0.619. The molecule has 2 rings (SSSR count). The van der Waals surface area contributed by atoms with Crippen LogP contribution in [0.15, 0.2) is 24.3 Å². The first-order chi connectivity index (χ1) is 9.24. The SMILES string of the molecule is CCNC(CC(C)COC)CC1Cc2ccccc21. The first kappa shape index (κ1) is 14.5. The molecule has 0 spiro atoms. The van der Waals surface area contributed by atoms with Gasteiger partial charge in [-0.2, -0.15) is 0 Å². The number of hydrogen-bond acceptors (Lipinski definition) is 2. The van der Waals surface area contributed by atoms with Gasteiger partial charge in [0.25, 0.3) is 0 Å². The number of nitrogens with one attached hydrogen (secondary N) is 1. The van der Waals surface area contributed by atoms with Gasteiger partial charge in [0.15, 0.2) is 0 Å². The molecule has 0 amide bonds. The van der Waals surface area contributed by atoms with E-state index in [9.17, 15) is 0 Å². The number of fused-ring (bicyclic) bond motifs is 1. The molecule has 1 aliphatic rings. The third-order valence-corrected chi connectivity index (χ3v) is 4.16. The number of hydrogen-bond donors (Lipinski definition) is 1. The summed E-state index contributed by atoms with van der Waals surface area (Å²) in [7, 11) is 1.79. The van der Waals surface area contributed by atoms with Gasteiger partial charge in [-0.1, -0.05) is 38.1 Å². The number of ether oxygens (including phenoxy) is 1. The van der Waals surface area contributed by atoms with Crippen LogP contribution in [0.5, 0.6) is 0 Å². The van der Waals surface area contributed by atoms with Crippen LogP contribution in [0.25, 0.3) is 0 Å². The Morgan fingerprint density at radius 3 is 2.84 bits per heavy atom. The van der Waals surface area contributed by atoms with Crippen molar-refractivity contribution in [2.75, 3.05) is 20.3 Å². The molecule has 0 heterocycles. The first-order valence-electron chi connectivity index (χ1n) is 7.54. The van der Waals surface area contributed by atoms with E-state index in [0.29, 0.717) is 12.0 Å². The standard InChI is InChI=1S/C17H27NO/c1-4-18-16(9-13(2)12-19-3)11-15-10-14-7-5-6-8-17(14)15/h5-8,13,15-16,18H,4,9-12H2,1-3H3. The predicted molar refractivity (Wildman–Crippen MR) is 80.6 cm³/mol. The van der Waals surface area contributed by atoms with Gasteiger partial charge in [0.05, 0.1) is 0 Å². The van der Waals surface area contributed by atoms with Gasteiger partial charge in [0.1, 0.15) is 0 Å². The van der Waals surface area contributed by atoms with Gasteiger partial charge in [-0.3, -0.25) is 0 Å². The van der Waals surface area contributed by atoms with Gasteiger partial charge in [0.2, 0.25) is 0 Å². The molecule has 0 radical (unpaired) electrons. The second kappa shape index (κ2) is 7.06. The Bertz CT molecular complexity index is 391. The van der Waals surface area contributed by atoms with Crippen LogP contribution in [0.3, 0.4) is 0 Å². The minimum absolute atomic E-state index is 0.619. The van der Waals surface area contributed by atoms with Gasteiger partial charge in [-0.15, -0.1) is 0 Å². The zero-order valence-electron chi connectivity index (χ0n) is 12.5. The summed E-state index contributed by atoms with van der Waals surface area (Å²) >= 11 is 0. The molecule has 1 aromatic rings. The highest BCUT2D eigenvalue weighted by Gasteiger charge is 2.28. The highest BCUT2D eigenvalue weighted by Crippen LogP contribution is 2.38. The zero-order valence-corrected chi connectivity index (χ0v) is 12.5. The molecule has 2 nitrogen and oxygen atoms in total. The Morgan fingerprint density at radius 1 is 1.37 bits per heavy atom. The second-order valence-corrected chi connectivity index (χ2v) is 5.89. The monoisotopic (exact) mass is 261 g/mol. The molecule has 3 atom stereocenters. The van der Waals surface area contributed by atoms with Crippen molar-refractivity contribution in [3.05, 3.63) is 35.4 Å². The average molecular weight is 261 g/mol. The third-order valence-electron chi connectivity index (χ3n) is 4.16. The van der Waals surface area contributed by atoms with Crippen molar-refractivity contribution in [1.82, 2.24) is 5.32 Å². The lowest BCUT2D eigenvalue weighted by Gasteiger charge is -2.34. The molecule has 19 heavy (non-hydrogen) atoms. The van der Waals surface area contributed by atoms with Gasteiger partial charge >= 0.3 is 0 Å². The molecule has 0 bridgehead atoms. The van der Waals surface area contributed by atoms with Crippen molar-refractivity contribution in [2.45, 2.75) is 45.1 Å². The van der Waals surface area contributed by atoms with Crippen LogP contribution in [-0.4, -0.2) is 26.3 Å². The summed E-state index contributed by atoms with van der Waals surface area (Å²) in [5.41, 5.74) is 3.12. The van der Waals surface area contributed by atoms with E-state index in [0.717, 1.165) is 19.1 Å². The van der Waals surface area contributed by atoms with E-state index in [1.165, 1.54) is 19.3 Å². The van der Waals surface area contributed by atoms with Crippen LogP contribution in [-0.2, 0) is 11.2 Å². The summed E-state index contributed by atoms with van der Waals surface area (Å²) in [6, 6.07) is 9.50. The molecule has 0 aromatic heterocycles. The lowest BCUT2D eigenvalue weighted by atomic mass is 9.73. The fourth-order valence-corrected chi connectivity index (χ4v) is 3.31. The zero-order chi connectivity index (χ0) is 13.7. The molecular formula is C17H27NO. The normalized spacial score (nSPS) is 20.5. The Labute approximate surface area is 117 Å². The van der Waals surface area contributed by atoms with Crippen LogP contribution < -0.4 is 5.32 Å². The summed E-state index contributed by atoms with van der Waals surface area (Å²) in [6.07, 6.45) is 3.73. The van der Waals surface area contributed by atoms with Gasteiger partial charge in [0, 0.05) is 19.8 Å². The Kier molecular flexibility index (Phi) is 5.41. The lowest BCUT2D eigenvalue weighted by molar-refractivity contribution is 0.147. The topological polar surface area (TPSA) is 21.3 Å². The van der Waals surface area contributed by atoms with Crippen LogP contribution in [0, 0.1) is 5.92 Å². The molecule has 2 heteroatoms. The Balaban J connectivity index is 1.88. The van der Waals surface area contributed by atoms with Crippen molar-refractivity contribution < 1.29 is 4.74 Å². The van der Waals surface area contributed by atoms with Crippen molar-refractivity contribution >= 4 is 0 Å². The predicted octanol–water partition coefficient (Wildman–Crippen LogP) is 3.37. The molecule has 0 fully saturated rings. The molecule has 1 aromatic carbocycles. The maximum atomic E-state index is 5.26. The molecule has 106 valence electrons. The van der Waals surface area contributed by atoms with Crippen molar-refractivity contribution in [2.24, 2.45) is 5.92 Å². The molecule has 0 saturated heterocycles. The van der Waals surface area contributed by atoms with E-state index in [4.69, 9.17) is 4.74 Å². The molecule has 1 N–H and O–H groups in total. The highest BCUT2D eigenvalue weighted by molar-refractivity contribution is 5.39. The summed E-state index contributed by atoms with van der Waals surface area (Å²) in [5.74, 6) is 1.39. The van der Waals surface area contributed by atoms with Crippen molar-refractivity contribution in [3.63, 3.8) is 0 Å². The van der Waals surface area contributed by atoms with Crippen molar-refractivity contribution in [3.8, 4) is 0 Å². The number of methoxy groups -OCH3 is 1. The minimum Gasteiger partial charge on any atom is -0.384 e. The van der Waals surface area contributed by atoms with E-state index >= 15 is 0 Å². The Hall–Kier alpha value is -0.860. The largest absolute Gasteiger partial charge is 0.384 e. The van der Waals surface area contributed by atoms with Crippen LogP contribution in [0.1, 0.15) is 43.7 Å². The molecule has 0 saturated carbocycles. The Morgan fingerprint density at radius 2 is 2.16 bits per heavy atom. The number of rotatable bonds is 8. The van der Waals surface area contributed by atoms with E-state index < -0.39 is 0 Å². The van der Waals surface area contributed by atoms with Gasteiger partial charge in [-0.25, -0.2) is 0 Å². The van der Waals surface area contributed by atoms with Crippen LogP contribution in [0.2, 0.25) is 0 Å². The van der Waals surface area contributed by atoms with Crippen LogP contribution in [0.4, 0.5) is 0 Å². The highest BCUT2D eigenvalue weighted by atomic mass is 16.5. The second-order valence-electron chi connectivity index (χ2n) is 5.89. The smallest absolute Gasteiger partial charge is 0.0488 e. The number of benzene rings is 1. The molecule has 1 aliphatic carbocycles. The summed E-state index contributed by atoms with van der Waals surface area (Å²) in [5, 5.41) is 3.65. The summed E-state index contributed by atoms with van der Waals surface area (Å²) < 4.78 is 5.26. The van der Waals surface area contributed by atoms with Gasteiger partial charge in [-0.05, 0) is 48.8 Å². The first-order valence-corrected chi connectivity index (χ1v) is 7.54. The maximum Gasteiger partial charge on any atom is 0.0488 e. The van der Waals surface area contributed by atoms with E-state index in [1.54, 1.807) is 18.2 Å². The lowest BCUT2D eigenvalue weighted by Crippen LogP contribution is -2.35. The fourth-order valence-electron chi connectivity index (χ4n) is 3.31. The van der Waals surface area contributed by atoms with Crippen molar-refractivity contribution in [1.29, 1.82) is 0 Å². The average Bonchev–Trinajstić information content (AvgIpc) is 2.36. The fraction of sp³-hybridized carbons (Fsp3) is 0.647. The third kappa shape index (κ3) is 3.80. The quantitative estimate of drug-likeness (QED) is 0.774. The molecule has 0 aliphatic heterocycles. The van der Waals surface area contributed by atoms with E-state index in [2.05, 4.69) is 43.4 Å². The summed E-state index contributed by atoms with van der Waals surface area (Å²) in [4.78, 5) is 0.